The average molecular weight is 437 g/mol. The number of likely N-dealkylation sites (tertiary alicyclic amines) is 1. The summed E-state index contributed by atoms with van der Waals surface area (Å²) >= 11 is 0. The van der Waals surface area contributed by atoms with Gasteiger partial charge in [0, 0.05) is 30.8 Å². The van der Waals surface area contributed by atoms with E-state index >= 15 is 0 Å². The molecule has 4 rings (SSSR count). The summed E-state index contributed by atoms with van der Waals surface area (Å²) in [6, 6.07) is 5.81. The van der Waals surface area contributed by atoms with Crippen molar-refractivity contribution in [1.82, 2.24) is 14.7 Å². The van der Waals surface area contributed by atoms with E-state index < -0.39 is 23.1 Å². The molecule has 0 spiro atoms. The van der Waals surface area contributed by atoms with Gasteiger partial charge in [0.15, 0.2) is 12.0 Å². The number of aromatic nitrogens is 2. The van der Waals surface area contributed by atoms with Crippen LogP contribution in [0.15, 0.2) is 35.1 Å². The molecular weight excluding hydrogens is 415 g/mol. The van der Waals surface area contributed by atoms with Crippen molar-refractivity contribution >= 4 is 5.91 Å². The Morgan fingerprint density at radius 1 is 1.13 bits per heavy atom. The number of nitrogens with zero attached hydrogens (tertiary/aromatic N) is 3. The van der Waals surface area contributed by atoms with Crippen molar-refractivity contribution in [3.63, 3.8) is 0 Å². The van der Waals surface area contributed by atoms with Crippen molar-refractivity contribution in [3.8, 4) is 5.69 Å². The zero-order chi connectivity index (χ0) is 22.2. The number of benzene rings is 1. The fourth-order valence-corrected chi connectivity index (χ4v) is 3.94. The van der Waals surface area contributed by atoms with Gasteiger partial charge >= 0.3 is 6.18 Å². The van der Waals surface area contributed by atoms with Crippen molar-refractivity contribution in [3.05, 3.63) is 57.5 Å². The minimum atomic E-state index is -4.52. The van der Waals surface area contributed by atoms with Gasteiger partial charge in [-0.25, -0.2) is 4.68 Å². The number of hydrogen-bond donors (Lipinski definition) is 0. The third kappa shape index (κ3) is 4.49. The molecule has 2 fully saturated rings. The zero-order valence-corrected chi connectivity index (χ0v) is 16.9. The van der Waals surface area contributed by atoms with E-state index in [-0.39, 0.29) is 23.6 Å². The van der Waals surface area contributed by atoms with E-state index in [9.17, 15) is 22.8 Å². The number of carbonyl (C=O) groups is 1. The molecule has 0 N–H and O–H groups in total. The molecule has 2 aliphatic heterocycles. The largest absolute Gasteiger partial charge is 0.416 e. The second kappa shape index (κ2) is 8.43. The van der Waals surface area contributed by atoms with Gasteiger partial charge in [0.05, 0.1) is 24.5 Å². The van der Waals surface area contributed by atoms with Gasteiger partial charge in [-0.1, -0.05) is 6.07 Å². The number of alkyl halides is 3. The molecule has 2 aliphatic rings. The fourth-order valence-electron chi connectivity index (χ4n) is 3.94. The van der Waals surface area contributed by atoms with Gasteiger partial charge in [0.25, 0.3) is 5.91 Å². The highest BCUT2D eigenvalue weighted by Gasteiger charge is 2.33. The number of rotatable bonds is 3. The van der Waals surface area contributed by atoms with E-state index in [1.165, 1.54) is 22.9 Å². The number of hydrogen-bond acceptors (Lipinski definition) is 5. The highest BCUT2D eigenvalue weighted by atomic mass is 19.4. The van der Waals surface area contributed by atoms with Crippen molar-refractivity contribution in [2.75, 3.05) is 26.3 Å². The van der Waals surface area contributed by atoms with Crippen molar-refractivity contribution in [2.45, 2.75) is 32.2 Å². The third-order valence-corrected chi connectivity index (χ3v) is 5.59. The molecule has 2 saturated heterocycles. The summed E-state index contributed by atoms with van der Waals surface area (Å²) in [5.41, 5.74) is -1.26. The zero-order valence-electron chi connectivity index (χ0n) is 16.9. The molecule has 3 heterocycles. The maximum Gasteiger partial charge on any atom is 0.416 e. The molecule has 2 aromatic rings. The van der Waals surface area contributed by atoms with Crippen LogP contribution in [0.2, 0.25) is 0 Å². The maximum atomic E-state index is 13.1. The van der Waals surface area contributed by atoms with Crippen LogP contribution in [0.5, 0.6) is 0 Å². The number of amides is 1. The topological polar surface area (TPSA) is 73.7 Å². The van der Waals surface area contributed by atoms with Crippen LogP contribution in [-0.2, 0) is 15.7 Å². The minimum Gasteiger partial charge on any atom is -0.350 e. The predicted octanol–water partition coefficient (Wildman–Crippen LogP) is 2.78. The van der Waals surface area contributed by atoms with E-state index in [1.807, 2.05) is 0 Å². The van der Waals surface area contributed by atoms with Crippen LogP contribution in [0, 0.1) is 12.8 Å². The Balaban J connectivity index is 1.57. The Labute approximate surface area is 176 Å². The van der Waals surface area contributed by atoms with Crippen LogP contribution in [0.25, 0.3) is 5.69 Å². The summed E-state index contributed by atoms with van der Waals surface area (Å²) < 4.78 is 51.5. The smallest absolute Gasteiger partial charge is 0.350 e. The predicted molar refractivity (Wildman–Crippen MR) is 104 cm³/mol. The number of carbonyl (C=O) groups excluding carboxylic acids is 1. The quantitative estimate of drug-likeness (QED) is 0.739. The monoisotopic (exact) mass is 437 g/mol. The van der Waals surface area contributed by atoms with E-state index in [0.717, 1.165) is 12.1 Å². The number of ether oxygens (including phenoxy) is 2. The van der Waals surface area contributed by atoms with Crippen molar-refractivity contribution in [2.24, 2.45) is 5.92 Å². The summed E-state index contributed by atoms with van der Waals surface area (Å²) in [6.45, 7) is 3.52. The van der Waals surface area contributed by atoms with Gasteiger partial charge in [0.2, 0.25) is 5.43 Å². The molecule has 0 saturated carbocycles. The molecule has 1 amide bonds. The number of halogens is 3. The van der Waals surface area contributed by atoms with E-state index in [1.54, 1.807) is 11.8 Å². The Hall–Kier alpha value is -2.72. The molecular formula is C21H22F3N3O4. The van der Waals surface area contributed by atoms with Crippen LogP contribution in [0.3, 0.4) is 0 Å². The molecule has 0 aliphatic carbocycles. The molecule has 0 radical (unpaired) electrons. The first-order chi connectivity index (χ1) is 14.7. The Kier molecular flexibility index (Phi) is 5.85. The van der Waals surface area contributed by atoms with E-state index in [0.29, 0.717) is 44.8 Å². The lowest BCUT2D eigenvalue weighted by Gasteiger charge is -2.33. The normalized spacial score (nSPS) is 18.5. The van der Waals surface area contributed by atoms with Crippen LogP contribution < -0.4 is 5.43 Å². The summed E-state index contributed by atoms with van der Waals surface area (Å²) in [5.74, 6) is -0.350. The average Bonchev–Trinajstić information content (AvgIpc) is 3.28. The Bertz CT molecular complexity index is 1020. The first-order valence-corrected chi connectivity index (χ1v) is 10.0. The van der Waals surface area contributed by atoms with Gasteiger partial charge in [0.1, 0.15) is 0 Å². The second-order valence-corrected chi connectivity index (χ2v) is 7.70. The minimum absolute atomic E-state index is 0.121. The summed E-state index contributed by atoms with van der Waals surface area (Å²) in [6.07, 6.45) is -3.43. The van der Waals surface area contributed by atoms with Crippen molar-refractivity contribution < 1.29 is 27.4 Å². The number of piperidine rings is 1. The van der Waals surface area contributed by atoms with Gasteiger partial charge in [-0.15, -0.1) is 0 Å². The fraction of sp³-hybridized carbons (Fsp3) is 0.476. The van der Waals surface area contributed by atoms with Gasteiger partial charge < -0.3 is 14.4 Å². The molecule has 10 heteroatoms. The van der Waals surface area contributed by atoms with Gasteiger partial charge in [-0.05, 0) is 38.0 Å². The molecule has 0 unspecified atom stereocenters. The molecule has 1 aromatic carbocycles. The lowest BCUT2D eigenvalue weighted by atomic mass is 9.96. The van der Waals surface area contributed by atoms with Crippen LogP contribution in [0.1, 0.15) is 34.6 Å². The van der Waals surface area contributed by atoms with Crippen LogP contribution >= 0.6 is 0 Å². The Morgan fingerprint density at radius 3 is 2.45 bits per heavy atom. The lowest BCUT2D eigenvalue weighted by Crippen LogP contribution is -2.43. The second-order valence-electron chi connectivity index (χ2n) is 7.70. The molecule has 1 aromatic heterocycles. The maximum absolute atomic E-state index is 13.1. The van der Waals surface area contributed by atoms with Gasteiger partial charge in [-0.2, -0.15) is 18.3 Å². The molecule has 166 valence electrons. The van der Waals surface area contributed by atoms with Crippen LogP contribution in [-0.4, -0.2) is 53.2 Å². The summed E-state index contributed by atoms with van der Waals surface area (Å²) in [4.78, 5) is 27.0. The SMILES string of the molecule is Cc1cc(=O)c(C(=O)N2CCC(C3OCCO3)CC2)nn1-c1cccc(C(F)(F)F)c1. The highest BCUT2D eigenvalue weighted by molar-refractivity contribution is 5.92. The van der Waals surface area contributed by atoms with Crippen molar-refractivity contribution in [1.29, 1.82) is 0 Å². The lowest BCUT2D eigenvalue weighted by molar-refractivity contribution is -0.137. The highest BCUT2D eigenvalue weighted by Crippen LogP contribution is 2.30. The summed E-state index contributed by atoms with van der Waals surface area (Å²) in [7, 11) is 0. The van der Waals surface area contributed by atoms with Gasteiger partial charge in [-0.3, -0.25) is 9.59 Å². The third-order valence-electron chi connectivity index (χ3n) is 5.59. The molecule has 0 atom stereocenters. The van der Waals surface area contributed by atoms with E-state index in [2.05, 4.69) is 5.10 Å². The molecule has 31 heavy (non-hydrogen) atoms. The first-order valence-electron chi connectivity index (χ1n) is 10.0. The Morgan fingerprint density at radius 2 is 1.81 bits per heavy atom. The number of aryl methyl sites for hydroxylation is 1. The van der Waals surface area contributed by atoms with Crippen LogP contribution in [0.4, 0.5) is 13.2 Å². The standard InChI is InChI=1S/C21H22F3N3O4/c1-13-11-17(28)18(25-27(13)16-4-2-3-15(12-16)21(22,23)24)19(29)26-7-5-14(6-8-26)20-30-9-10-31-20/h2-4,11-12,14,20H,5-10H2,1H3. The molecule has 0 bridgehead atoms. The van der Waals surface area contributed by atoms with E-state index in [4.69, 9.17) is 9.47 Å². The summed E-state index contributed by atoms with van der Waals surface area (Å²) in [5, 5.41) is 4.13. The first kappa shape index (κ1) is 21.5. The molecule has 7 nitrogen and oxygen atoms in total.